The van der Waals surface area contributed by atoms with Gasteiger partial charge in [-0.2, -0.15) is 0 Å². The first-order chi connectivity index (χ1) is 14.6. The summed E-state index contributed by atoms with van der Waals surface area (Å²) < 4.78 is 1.95. The Balaban J connectivity index is 1.65. The van der Waals surface area contributed by atoms with Crippen molar-refractivity contribution in [1.82, 2.24) is 24.5 Å². The number of fused-ring (bicyclic) bond motifs is 1. The number of hydrogen-bond acceptors (Lipinski definition) is 4. The van der Waals surface area contributed by atoms with Gasteiger partial charge in [0.25, 0.3) is 11.8 Å². The molecule has 3 heterocycles. The van der Waals surface area contributed by atoms with Gasteiger partial charge in [0, 0.05) is 31.4 Å². The number of imidazole rings is 1. The molecule has 7 heteroatoms. The second kappa shape index (κ2) is 8.67. The van der Waals surface area contributed by atoms with Crippen LogP contribution in [0.2, 0.25) is 0 Å². The van der Waals surface area contributed by atoms with Crippen molar-refractivity contribution < 1.29 is 9.59 Å². The predicted octanol–water partition coefficient (Wildman–Crippen LogP) is 2.60. The van der Waals surface area contributed by atoms with Crippen LogP contribution in [0.1, 0.15) is 45.6 Å². The summed E-state index contributed by atoms with van der Waals surface area (Å²) in [5, 5.41) is 2.95. The standard InChI is InChI=1S/C23H27N5O2/c1-26(2)16-13-24-22(29)20-18-11-6-7-14-27(18)21(25-20)19-12-8-15-28(19)23(30)17-9-4-3-5-10-17/h3-7,9-11,14,19H,8,12-13,15-16H2,1-2H3,(H,24,29)/t19-/m1/s1. The molecule has 2 aromatic heterocycles. The second-order valence-corrected chi connectivity index (χ2v) is 7.86. The summed E-state index contributed by atoms with van der Waals surface area (Å²) in [6, 6.07) is 14.9. The van der Waals surface area contributed by atoms with Crippen LogP contribution in [0.15, 0.2) is 54.7 Å². The average Bonchev–Trinajstić information content (AvgIpc) is 3.38. The van der Waals surface area contributed by atoms with Crippen molar-refractivity contribution in [1.29, 1.82) is 0 Å². The van der Waals surface area contributed by atoms with Gasteiger partial charge in [-0.1, -0.05) is 24.3 Å². The molecule has 1 aromatic carbocycles. The lowest BCUT2D eigenvalue weighted by Gasteiger charge is -2.24. The van der Waals surface area contributed by atoms with Gasteiger partial charge in [0.05, 0.1) is 11.6 Å². The minimum Gasteiger partial charge on any atom is -0.349 e. The van der Waals surface area contributed by atoms with Crippen LogP contribution in [0.4, 0.5) is 0 Å². The summed E-state index contributed by atoms with van der Waals surface area (Å²) in [5.41, 5.74) is 1.84. The molecule has 3 aromatic rings. The number of hydrogen-bond donors (Lipinski definition) is 1. The number of benzene rings is 1. The van der Waals surface area contributed by atoms with Crippen LogP contribution in [-0.4, -0.2) is 64.7 Å². The monoisotopic (exact) mass is 405 g/mol. The minimum atomic E-state index is -0.189. The Morgan fingerprint density at radius 1 is 1.13 bits per heavy atom. The molecule has 7 nitrogen and oxygen atoms in total. The lowest BCUT2D eigenvalue weighted by atomic mass is 10.1. The van der Waals surface area contributed by atoms with Gasteiger partial charge in [-0.3, -0.25) is 9.59 Å². The van der Waals surface area contributed by atoms with E-state index >= 15 is 0 Å². The zero-order valence-electron chi connectivity index (χ0n) is 17.4. The number of aromatic nitrogens is 2. The van der Waals surface area contributed by atoms with E-state index < -0.39 is 0 Å². The van der Waals surface area contributed by atoms with Crippen molar-refractivity contribution in [3.8, 4) is 0 Å². The van der Waals surface area contributed by atoms with Gasteiger partial charge in [0.2, 0.25) is 0 Å². The molecule has 2 amide bonds. The highest BCUT2D eigenvalue weighted by Gasteiger charge is 2.34. The Kier molecular flexibility index (Phi) is 5.81. The van der Waals surface area contributed by atoms with Crippen molar-refractivity contribution >= 4 is 17.3 Å². The number of nitrogens with zero attached hydrogens (tertiary/aromatic N) is 4. The zero-order valence-corrected chi connectivity index (χ0v) is 17.4. The first kappa shape index (κ1) is 20.1. The van der Waals surface area contributed by atoms with Gasteiger partial charge < -0.3 is 19.5 Å². The van der Waals surface area contributed by atoms with Crippen LogP contribution in [0.25, 0.3) is 5.52 Å². The van der Waals surface area contributed by atoms with Gasteiger partial charge >= 0.3 is 0 Å². The predicted molar refractivity (Wildman–Crippen MR) is 116 cm³/mol. The maximum absolute atomic E-state index is 13.1. The first-order valence-electron chi connectivity index (χ1n) is 10.3. The van der Waals surface area contributed by atoms with Crippen molar-refractivity contribution in [3.63, 3.8) is 0 Å². The van der Waals surface area contributed by atoms with Crippen molar-refractivity contribution in [2.45, 2.75) is 18.9 Å². The highest BCUT2D eigenvalue weighted by molar-refractivity contribution is 5.99. The number of pyridine rings is 1. The number of nitrogens with one attached hydrogen (secondary N) is 1. The molecule has 1 N–H and O–H groups in total. The Hall–Kier alpha value is -3.19. The lowest BCUT2D eigenvalue weighted by molar-refractivity contribution is 0.0729. The molecule has 0 bridgehead atoms. The average molecular weight is 406 g/mol. The molecule has 0 unspecified atom stereocenters. The van der Waals surface area contributed by atoms with Crippen LogP contribution < -0.4 is 5.32 Å². The fourth-order valence-corrected chi connectivity index (χ4v) is 3.97. The Morgan fingerprint density at radius 2 is 1.90 bits per heavy atom. The number of carbonyl (C=O) groups excluding carboxylic acids is 2. The van der Waals surface area contributed by atoms with Crippen LogP contribution in [0.3, 0.4) is 0 Å². The van der Waals surface area contributed by atoms with Gasteiger partial charge in [0.1, 0.15) is 5.82 Å². The Labute approximate surface area is 176 Å². The van der Waals surface area contributed by atoms with E-state index in [0.717, 1.165) is 30.7 Å². The fourth-order valence-electron chi connectivity index (χ4n) is 3.97. The van der Waals surface area contributed by atoms with E-state index in [1.165, 1.54) is 0 Å². The summed E-state index contributed by atoms with van der Waals surface area (Å²) in [7, 11) is 3.93. The van der Waals surface area contributed by atoms with Gasteiger partial charge in [-0.15, -0.1) is 0 Å². The molecule has 30 heavy (non-hydrogen) atoms. The number of carbonyl (C=O) groups is 2. The summed E-state index contributed by atoms with van der Waals surface area (Å²) in [4.78, 5) is 34.6. The highest BCUT2D eigenvalue weighted by atomic mass is 16.2. The number of likely N-dealkylation sites (tertiary alicyclic amines) is 1. The van der Waals surface area contributed by atoms with Crippen LogP contribution >= 0.6 is 0 Å². The topological polar surface area (TPSA) is 70.0 Å². The fraction of sp³-hybridized carbons (Fsp3) is 0.348. The van der Waals surface area contributed by atoms with E-state index in [2.05, 4.69) is 5.32 Å². The lowest BCUT2D eigenvalue weighted by Crippen LogP contribution is -2.32. The molecule has 0 radical (unpaired) electrons. The summed E-state index contributed by atoms with van der Waals surface area (Å²) >= 11 is 0. The molecule has 0 spiro atoms. The smallest absolute Gasteiger partial charge is 0.272 e. The van der Waals surface area contributed by atoms with Crippen molar-refractivity contribution in [3.05, 3.63) is 71.8 Å². The van der Waals surface area contributed by atoms with Gasteiger partial charge in [0.15, 0.2) is 5.69 Å². The molecule has 156 valence electrons. The van der Waals surface area contributed by atoms with Gasteiger partial charge in [-0.05, 0) is 51.2 Å². The SMILES string of the molecule is CN(C)CCNC(=O)c1nc([C@H]2CCCN2C(=O)c2ccccc2)n2ccccc12. The molecule has 1 saturated heterocycles. The summed E-state index contributed by atoms with van der Waals surface area (Å²) in [6.07, 6.45) is 3.65. The molecule has 0 saturated carbocycles. The molecular weight excluding hydrogens is 378 g/mol. The van der Waals surface area contributed by atoms with E-state index in [1.807, 2.05) is 83.0 Å². The number of likely N-dealkylation sites (N-methyl/N-ethyl adjacent to an activating group) is 1. The van der Waals surface area contributed by atoms with Crippen molar-refractivity contribution in [2.75, 3.05) is 33.7 Å². The van der Waals surface area contributed by atoms with E-state index in [1.54, 1.807) is 0 Å². The molecule has 4 rings (SSSR count). The van der Waals surface area contributed by atoms with Crippen LogP contribution in [0, 0.1) is 0 Å². The first-order valence-corrected chi connectivity index (χ1v) is 10.3. The maximum atomic E-state index is 13.1. The molecule has 1 aliphatic rings. The Morgan fingerprint density at radius 3 is 2.67 bits per heavy atom. The highest BCUT2D eigenvalue weighted by Crippen LogP contribution is 2.33. The zero-order chi connectivity index (χ0) is 21.1. The second-order valence-electron chi connectivity index (χ2n) is 7.86. The normalized spacial score (nSPS) is 16.4. The largest absolute Gasteiger partial charge is 0.349 e. The third-order valence-electron chi connectivity index (χ3n) is 5.47. The number of amides is 2. The van der Waals surface area contributed by atoms with E-state index in [0.29, 0.717) is 24.3 Å². The van der Waals surface area contributed by atoms with E-state index in [-0.39, 0.29) is 17.9 Å². The molecule has 0 aliphatic carbocycles. The molecule has 1 fully saturated rings. The molecule has 1 atom stereocenters. The number of rotatable bonds is 6. The minimum absolute atomic E-state index is 0.00256. The third kappa shape index (κ3) is 3.93. The molecule has 1 aliphatic heterocycles. The summed E-state index contributed by atoms with van der Waals surface area (Å²) in [6.45, 7) is 1.99. The van der Waals surface area contributed by atoms with Crippen LogP contribution in [-0.2, 0) is 0 Å². The quantitative estimate of drug-likeness (QED) is 0.684. The maximum Gasteiger partial charge on any atom is 0.272 e. The van der Waals surface area contributed by atoms with Crippen molar-refractivity contribution in [2.24, 2.45) is 0 Å². The third-order valence-corrected chi connectivity index (χ3v) is 5.47. The molecular formula is C23H27N5O2. The van der Waals surface area contributed by atoms with E-state index in [4.69, 9.17) is 4.98 Å². The summed E-state index contributed by atoms with van der Waals surface area (Å²) in [5.74, 6) is 0.554. The van der Waals surface area contributed by atoms with Crippen LogP contribution in [0.5, 0.6) is 0 Å². The van der Waals surface area contributed by atoms with Gasteiger partial charge in [-0.25, -0.2) is 4.98 Å². The van der Waals surface area contributed by atoms with E-state index in [9.17, 15) is 9.59 Å². The Bertz CT molecular complexity index is 1040.